The van der Waals surface area contributed by atoms with Gasteiger partial charge in [0.15, 0.2) is 0 Å². The van der Waals surface area contributed by atoms with E-state index in [1.807, 2.05) is 31.2 Å². The fourth-order valence-corrected chi connectivity index (χ4v) is 1.72. The van der Waals surface area contributed by atoms with Crippen molar-refractivity contribution in [3.8, 4) is 5.75 Å². The molecule has 0 N–H and O–H groups in total. The first-order valence-corrected chi connectivity index (χ1v) is 7.42. The van der Waals surface area contributed by atoms with Crippen LogP contribution in [0.1, 0.15) is 5.56 Å². The Balaban J connectivity index is 0.000000131. The molecule has 5 nitrogen and oxygen atoms in total. The number of aryl methyl sites for hydroxylation is 1. The monoisotopic (exact) mass is 294 g/mol. The Labute approximate surface area is 125 Å². The molecule has 3 heterocycles. The minimum absolute atomic E-state index is 0.338. The van der Waals surface area contributed by atoms with Gasteiger partial charge in [-0.3, -0.25) is 0 Å². The molecule has 0 amide bonds. The molecule has 1 aromatic rings. The van der Waals surface area contributed by atoms with Crippen molar-refractivity contribution in [2.24, 2.45) is 0 Å². The average molecular weight is 294 g/mol. The largest absolute Gasteiger partial charge is 0.491 e. The van der Waals surface area contributed by atoms with Gasteiger partial charge >= 0.3 is 0 Å². The molecule has 21 heavy (non-hydrogen) atoms. The molecule has 1 aromatic carbocycles. The third-order valence-electron chi connectivity index (χ3n) is 3.33. The Bertz CT molecular complexity index is 426. The zero-order valence-corrected chi connectivity index (χ0v) is 12.3. The van der Waals surface area contributed by atoms with Crippen LogP contribution in [-0.2, 0) is 18.9 Å². The summed E-state index contributed by atoms with van der Waals surface area (Å²) in [7, 11) is 0. The molecule has 3 aliphatic rings. The van der Waals surface area contributed by atoms with Crippen LogP contribution >= 0.6 is 0 Å². The highest BCUT2D eigenvalue weighted by Crippen LogP contribution is 2.18. The van der Waals surface area contributed by atoms with E-state index >= 15 is 0 Å². The zero-order chi connectivity index (χ0) is 14.5. The number of hydrogen-bond acceptors (Lipinski definition) is 5. The van der Waals surface area contributed by atoms with E-state index in [-0.39, 0.29) is 0 Å². The highest BCUT2D eigenvalue weighted by molar-refractivity contribution is 5.31. The highest BCUT2D eigenvalue weighted by atomic mass is 16.6. The lowest BCUT2D eigenvalue weighted by molar-refractivity contribution is 0.102. The molecule has 0 spiro atoms. The summed E-state index contributed by atoms with van der Waals surface area (Å²) in [6.07, 6.45) is 1.12. The van der Waals surface area contributed by atoms with Gasteiger partial charge in [-0.15, -0.1) is 0 Å². The van der Waals surface area contributed by atoms with E-state index < -0.39 is 0 Å². The Morgan fingerprint density at radius 2 is 1.43 bits per heavy atom. The van der Waals surface area contributed by atoms with Crippen LogP contribution in [0.3, 0.4) is 0 Å². The number of epoxide rings is 3. The average Bonchev–Trinajstić information content (AvgIpc) is 3.36. The first-order valence-electron chi connectivity index (χ1n) is 7.42. The van der Waals surface area contributed by atoms with Crippen molar-refractivity contribution in [2.45, 2.75) is 25.2 Å². The number of ether oxygens (including phenoxy) is 5. The van der Waals surface area contributed by atoms with Gasteiger partial charge in [0.25, 0.3) is 0 Å². The summed E-state index contributed by atoms with van der Waals surface area (Å²) in [4.78, 5) is 0. The highest BCUT2D eigenvalue weighted by Gasteiger charge is 2.26. The van der Waals surface area contributed by atoms with Crippen LogP contribution in [0.25, 0.3) is 0 Å². The maximum atomic E-state index is 5.54. The summed E-state index contributed by atoms with van der Waals surface area (Å²) in [5.74, 6) is 0.966. The van der Waals surface area contributed by atoms with Crippen LogP contribution in [0.2, 0.25) is 0 Å². The predicted molar refractivity (Wildman–Crippen MR) is 76.7 cm³/mol. The lowest BCUT2D eigenvalue weighted by Gasteiger charge is -2.06. The van der Waals surface area contributed by atoms with Gasteiger partial charge in [0, 0.05) is 0 Å². The van der Waals surface area contributed by atoms with Gasteiger partial charge in [-0.05, 0) is 18.6 Å². The maximum Gasteiger partial charge on any atom is 0.122 e. The SMILES string of the molecule is C(OCC1CO1)C1CO1.Cc1ccccc1OCC1CO1. The summed E-state index contributed by atoms with van der Waals surface area (Å²) in [5.41, 5.74) is 1.18. The Morgan fingerprint density at radius 1 is 0.905 bits per heavy atom. The number of para-hydroxylation sites is 1. The minimum Gasteiger partial charge on any atom is -0.491 e. The third kappa shape index (κ3) is 6.01. The standard InChI is InChI=1S/C10H12O2.C6H10O3/c1-8-4-2-3-5-10(8)12-7-9-6-11-9;1(5-3-8-5)7-2-6-4-9-6/h2-5,9H,6-7H2,1H3;5-6H,1-4H2. The molecular formula is C16H22O5. The lowest BCUT2D eigenvalue weighted by atomic mass is 10.2. The van der Waals surface area contributed by atoms with Crippen LogP contribution in [0.15, 0.2) is 24.3 Å². The van der Waals surface area contributed by atoms with Crippen molar-refractivity contribution in [1.82, 2.24) is 0 Å². The Kier molecular flexibility index (Phi) is 5.08. The predicted octanol–water partition coefficient (Wildman–Crippen LogP) is 1.57. The number of benzene rings is 1. The van der Waals surface area contributed by atoms with Crippen LogP contribution in [-0.4, -0.2) is 58.0 Å². The molecule has 116 valence electrons. The number of hydrogen-bond donors (Lipinski definition) is 0. The van der Waals surface area contributed by atoms with Crippen LogP contribution in [0.4, 0.5) is 0 Å². The normalized spacial score (nSPS) is 28.3. The van der Waals surface area contributed by atoms with E-state index in [1.54, 1.807) is 0 Å². The van der Waals surface area contributed by atoms with Crippen molar-refractivity contribution in [2.75, 3.05) is 39.6 Å². The van der Waals surface area contributed by atoms with Gasteiger partial charge in [0.2, 0.25) is 0 Å². The first-order chi connectivity index (χ1) is 10.3. The molecular weight excluding hydrogens is 272 g/mol. The van der Waals surface area contributed by atoms with E-state index in [2.05, 4.69) is 0 Å². The molecule has 3 unspecified atom stereocenters. The van der Waals surface area contributed by atoms with Gasteiger partial charge < -0.3 is 23.7 Å². The van der Waals surface area contributed by atoms with E-state index in [9.17, 15) is 0 Å². The van der Waals surface area contributed by atoms with Crippen LogP contribution in [0.5, 0.6) is 5.75 Å². The maximum absolute atomic E-state index is 5.54. The van der Waals surface area contributed by atoms with Crippen molar-refractivity contribution in [3.05, 3.63) is 29.8 Å². The third-order valence-corrected chi connectivity index (χ3v) is 3.33. The molecule has 3 aliphatic heterocycles. The Hall–Kier alpha value is -1.14. The molecule has 0 aromatic heterocycles. The molecule has 3 atom stereocenters. The van der Waals surface area contributed by atoms with Crippen molar-refractivity contribution in [3.63, 3.8) is 0 Å². The van der Waals surface area contributed by atoms with E-state index in [1.165, 1.54) is 5.56 Å². The summed E-state index contributed by atoms with van der Waals surface area (Å²) in [6, 6.07) is 8.02. The van der Waals surface area contributed by atoms with E-state index in [0.29, 0.717) is 24.9 Å². The quantitative estimate of drug-likeness (QED) is 0.715. The van der Waals surface area contributed by atoms with Crippen molar-refractivity contribution >= 4 is 0 Å². The van der Waals surface area contributed by atoms with Crippen molar-refractivity contribution in [1.29, 1.82) is 0 Å². The molecule has 4 rings (SSSR count). The Morgan fingerprint density at radius 3 is 1.95 bits per heavy atom. The van der Waals surface area contributed by atoms with E-state index in [4.69, 9.17) is 23.7 Å². The second-order valence-electron chi connectivity index (χ2n) is 5.48. The summed E-state index contributed by atoms with van der Waals surface area (Å²) < 4.78 is 25.7. The number of rotatable bonds is 7. The lowest BCUT2D eigenvalue weighted by Crippen LogP contribution is -2.06. The van der Waals surface area contributed by atoms with Gasteiger partial charge in [0.1, 0.15) is 30.7 Å². The van der Waals surface area contributed by atoms with E-state index in [0.717, 1.165) is 38.8 Å². The van der Waals surface area contributed by atoms with Crippen LogP contribution in [0, 0.1) is 6.92 Å². The fraction of sp³-hybridized carbons (Fsp3) is 0.625. The summed E-state index contributed by atoms with van der Waals surface area (Å²) in [5, 5.41) is 0. The molecule has 0 radical (unpaired) electrons. The van der Waals surface area contributed by atoms with Crippen LogP contribution < -0.4 is 4.74 Å². The second-order valence-corrected chi connectivity index (χ2v) is 5.48. The molecule has 3 saturated heterocycles. The molecule has 0 saturated carbocycles. The zero-order valence-electron chi connectivity index (χ0n) is 12.3. The summed E-state index contributed by atoms with van der Waals surface area (Å²) in [6.45, 7) is 6.84. The van der Waals surface area contributed by atoms with Gasteiger partial charge in [-0.25, -0.2) is 0 Å². The molecule has 5 heteroatoms. The molecule has 3 fully saturated rings. The van der Waals surface area contributed by atoms with Gasteiger partial charge in [-0.1, -0.05) is 18.2 Å². The second kappa shape index (κ2) is 7.22. The minimum atomic E-state index is 0.338. The van der Waals surface area contributed by atoms with Crippen molar-refractivity contribution < 1.29 is 23.7 Å². The fourth-order valence-electron chi connectivity index (χ4n) is 1.72. The molecule has 0 bridgehead atoms. The summed E-state index contributed by atoms with van der Waals surface area (Å²) >= 11 is 0. The molecule has 0 aliphatic carbocycles. The topological polar surface area (TPSA) is 56.0 Å². The first kappa shape index (κ1) is 14.8. The van der Waals surface area contributed by atoms with Gasteiger partial charge in [0.05, 0.1) is 33.0 Å². The smallest absolute Gasteiger partial charge is 0.122 e. The van der Waals surface area contributed by atoms with Gasteiger partial charge in [-0.2, -0.15) is 0 Å².